The van der Waals surface area contributed by atoms with Gasteiger partial charge in [0.05, 0.1) is 6.04 Å². The van der Waals surface area contributed by atoms with Gasteiger partial charge in [0.15, 0.2) is 0 Å². The molecule has 0 N–H and O–H groups in total. The monoisotopic (exact) mass is 359 g/mol. The second-order valence-corrected chi connectivity index (χ2v) is 8.75. The molecule has 0 radical (unpaired) electrons. The molecule has 0 amide bonds. The van der Waals surface area contributed by atoms with Crippen molar-refractivity contribution in [3.63, 3.8) is 0 Å². The van der Waals surface area contributed by atoms with Crippen molar-refractivity contribution in [1.82, 2.24) is 4.67 Å². The van der Waals surface area contributed by atoms with Crippen LogP contribution >= 0.6 is 8.30 Å². The van der Waals surface area contributed by atoms with Crippen LogP contribution in [-0.4, -0.2) is 17.3 Å². The minimum atomic E-state index is -0.782. The molecule has 2 fully saturated rings. The van der Waals surface area contributed by atoms with Gasteiger partial charge in [-0.25, -0.2) is 4.67 Å². The number of benzene rings is 3. The van der Waals surface area contributed by atoms with Crippen molar-refractivity contribution in [2.75, 3.05) is 6.54 Å². The van der Waals surface area contributed by atoms with E-state index in [1.165, 1.54) is 29.3 Å². The molecule has 5 rings (SSSR count). The minimum Gasteiger partial charge on any atom is -0.322 e. The van der Waals surface area contributed by atoms with Gasteiger partial charge in [0.2, 0.25) is 0 Å². The lowest BCUT2D eigenvalue weighted by molar-refractivity contribution is 0.114. The van der Waals surface area contributed by atoms with Gasteiger partial charge < -0.3 is 4.52 Å². The second kappa shape index (κ2) is 6.63. The molecule has 2 atom stereocenters. The van der Waals surface area contributed by atoms with Gasteiger partial charge in [-0.3, -0.25) is 0 Å². The highest BCUT2D eigenvalue weighted by Gasteiger charge is 2.57. The van der Waals surface area contributed by atoms with Crippen molar-refractivity contribution >= 4 is 13.6 Å². The first kappa shape index (κ1) is 16.2. The van der Waals surface area contributed by atoms with E-state index >= 15 is 0 Å². The highest BCUT2D eigenvalue weighted by atomic mass is 31.2. The molecule has 0 saturated carbocycles. The lowest BCUT2D eigenvalue weighted by Gasteiger charge is -2.34. The quantitative estimate of drug-likeness (QED) is 0.606. The van der Waals surface area contributed by atoms with Gasteiger partial charge in [0, 0.05) is 11.8 Å². The maximum atomic E-state index is 7.06. The van der Waals surface area contributed by atoms with Crippen molar-refractivity contribution in [1.29, 1.82) is 0 Å². The molecule has 2 heterocycles. The van der Waals surface area contributed by atoms with E-state index < -0.39 is 8.30 Å². The van der Waals surface area contributed by atoms with Crippen LogP contribution in [0.2, 0.25) is 0 Å². The number of hydrogen-bond donors (Lipinski definition) is 0. The smallest absolute Gasteiger partial charge is 0.140 e. The van der Waals surface area contributed by atoms with Gasteiger partial charge in [0.25, 0.3) is 0 Å². The van der Waals surface area contributed by atoms with E-state index in [0.717, 1.165) is 6.54 Å². The average molecular weight is 359 g/mol. The van der Waals surface area contributed by atoms with Crippen LogP contribution in [0.15, 0.2) is 91.0 Å². The molecule has 2 nitrogen and oxygen atoms in total. The number of fused-ring (bicyclic) bond motifs is 1. The van der Waals surface area contributed by atoms with Crippen LogP contribution in [0.5, 0.6) is 0 Å². The first-order valence-electron chi connectivity index (χ1n) is 9.31. The van der Waals surface area contributed by atoms with E-state index in [0.29, 0.717) is 6.04 Å². The highest BCUT2D eigenvalue weighted by molar-refractivity contribution is 7.58. The molecule has 0 spiro atoms. The van der Waals surface area contributed by atoms with Crippen molar-refractivity contribution in [3.8, 4) is 0 Å². The van der Waals surface area contributed by atoms with E-state index in [1.54, 1.807) is 0 Å². The molecule has 0 bridgehead atoms. The molecule has 0 aromatic heterocycles. The third-order valence-corrected chi connectivity index (χ3v) is 7.69. The van der Waals surface area contributed by atoms with Crippen LogP contribution in [0.1, 0.15) is 24.0 Å². The molecule has 130 valence electrons. The maximum absolute atomic E-state index is 7.06. The van der Waals surface area contributed by atoms with Gasteiger partial charge >= 0.3 is 0 Å². The summed E-state index contributed by atoms with van der Waals surface area (Å²) in [6.45, 7) is 1.12. The molecule has 2 saturated heterocycles. The van der Waals surface area contributed by atoms with E-state index in [2.05, 4.69) is 95.7 Å². The molecule has 0 aliphatic carbocycles. The predicted octanol–water partition coefficient (Wildman–Crippen LogP) is 5.06. The summed E-state index contributed by atoms with van der Waals surface area (Å²) in [5.41, 5.74) is 2.15. The van der Waals surface area contributed by atoms with Crippen LogP contribution in [0.4, 0.5) is 0 Å². The normalized spacial score (nSPS) is 24.5. The van der Waals surface area contributed by atoms with Gasteiger partial charge in [-0.1, -0.05) is 91.0 Å². The van der Waals surface area contributed by atoms with E-state index in [9.17, 15) is 0 Å². The summed E-state index contributed by atoms with van der Waals surface area (Å²) in [6.07, 6.45) is 2.41. The first-order chi connectivity index (χ1) is 12.9. The Morgan fingerprint density at radius 3 is 1.88 bits per heavy atom. The molecular weight excluding hydrogens is 337 g/mol. The van der Waals surface area contributed by atoms with Crippen LogP contribution < -0.4 is 5.30 Å². The van der Waals surface area contributed by atoms with E-state index in [4.69, 9.17) is 4.52 Å². The zero-order valence-corrected chi connectivity index (χ0v) is 15.6. The Balaban J connectivity index is 1.70. The summed E-state index contributed by atoms with van der Waals surface area (Å²) in [5, 5.41) is 1.31. The molecule has 1 unspecified atom stereocenters. The minimum absolute atomic E-state index is 0.388. The summed E-state index contributed by atoms with van der Waals surface area (Å²) in [5.74, 6) is 0. The number of rotatable bonds is 3. The Morgan fingerprint density at radius 2 is 1.31 bits per heavy atom. The zero-order chi connectivity index (χ0) is 17.4. The molecule has 3 aromatic rings. The topological polar surface area (TPSA) is 12.5 Å². The lowest BCUT2D eigenvalue weighted by atomic mass is 9.79. The Kier molecular flexibility index (Phi) is 4.13. The fraction of sp³-hybridized carbons (Fsp3) is 0.217. The van der Waals surface area contributed by atoms with Crippen LogP contribution in [0, 0.1) is 0 Å². The summed E-state index contributed by atoms with van der Waals surface area (Å²) in [7, 11) is -0.782. The highest BCUT2D eigenvalue weighted by Crippen LogP contribution is 2.63. The van der Waals surface area contributed by atoms with Crippen molar-refractivity contribution in [3.05, 3.63) is 102 Å². The SMILES string of the molecule is c1ccc(P2OC(c3ccccc3)(c3ccccc3)[C@@H]3CCCN32)cc1. The molecule has 3 aromatic carbocycles. The van der Waals surface area contributed by atoms with Crippen molar-refractivity contribution in [2.24, 2.45) is 0 Å². The molecule has 3 heteroatoms. The van der Waals surface area contributed by atoms with Gasteiger partial charge in [-0.05, 0) is 24.0 Å². The largest absolute Gasteiger partial charge is 0.322 e. The number of nitrogens with zero attached hydrogens (tertiary/aromatic N) is 1. The van der Waals surface area contributed by atoms with Crippen molar-refractivity contribution in [2.45, 2.75) is 24.5 Å². The van der Waals surface area contributed by atoms with Crippen LogP contribution in [0.3, 0.4) is 0 Å². The molecule has 2 aliphatic heterocycles. The fourth-order valence-corrected chi connectivity index (χ4v) is 6.81. The summed E-state index contributed by atoms with van der Waals surface area (Å²) >= 11 is 0. The van der Waals surface area contributed by atoms with Crippen LogP contribution in [0.25, 0.3) is 0 Å². The Morgan fingerprint density at radius 1 is 0.769 bits per heavy atom. The van der Waals surface area contributed by atoms with Gasteiger partial charge in [0.1, 0.15) is 13.9 Å². The Labute approximate surface area is 156 Å². The summed E-state index contributed by atoms with van der Waals surface area (Å²) in [6, 6.07) is 32.8. The molecule has 2 aliphatic rings. The van der Waals surface area contributed by atoms with Crippen molar-refractivity contribution < 1.29 is 4.52 Å². The second-order valence-electron chi connectivity index (χ2n) is 6.99. The molecular formula is C23H22NOP. The Hall–Kier alpha value is -1.99. The summed E-state index contributed by atoms with van der Waals surface area (Å²) in [4.78, 5) is 0. The Bertz CT molecular complexity index is 829. The van der Waals surface area contributed by atoms with Gasteiger partial charge in [-0.2, -0.15) is 0 Å². The van der Waals surface area contributed by atoms with E-state index in [1.807, 2.05) is 0 Å². The third kappa shape index (κ3) is 2.45. The maximum Gasteiger partial charge on any atom is 0.140 e. The third-order valence-electron chi connectivity index (χ3n) is 5.54. The van der Waals surface area contributed by atoms with E-state index in [-0.39, 0.29) is 5.60 Å². The fourth-order valence-electron chi connectivity index (χ4n) is 4.42. The lowest BCUT2D eigenvalue weighted by Crippen LogP contribution is -2.40. The summed E-state index contributed by atoms with van der Waals surface area (Å²) < 4.78 is 9.69. The molecule has 26 heavy (non-hydrogen) atoms. The average Bonchev–Trinajstić information content (AvgIpc) is 3.32. The predicted molar refractivity (Wildman–Crippen MR) is 107 cm³/mol. The standard InChI is InChI=1S/C23H22NOP/c1-4-11-19(12-5-1)23(20-13-6-2-7-14-20)22-17-10-18-24(22)26(25-23)21-15-8-3-9-16-21/h1-9,11-16,22H,10,17-18H2/t22-,26?/m0/s1. The first-order valence-corrected chi connectivity index (χ1v) is 10.5. The zero-order valence-electron chi connectivity index (χ0n) is 14.7. The van der Waals surface area contributed by atoms with Gasteiger partial charge in [-0.15, -0.1) is 0 Å². The van der Waals surface area contributed by atoms with Crippen LogP contribution in [-0.2, 0) is 10.1 Å². The number of hydrogen-bond acceptors (Lipinski definition) is 2.